The van der Waals surface area contributed by atoms with Crippen LogP contribution in [0.3, 0.4) is 0 Å². The first-order valence-electron chi connectivity index (χ1n) is 39.1. The summed E-state index contributed by atoms with van der Waals surface area (Å²) >= 11 is 0. The number of carboxylic acids is 1. The molecule has 652 valence electrons. The monoisotopic (exact) mass is 1640 g/mol. The van der Waals surface area contributed by atoms with E-state index in [1.165, 1.54) is 20.8 Å². The van der Waals surface area contributed by atoms with Gasteiger partial charge in [-0.15, -0.1) is 0 Å². The van der Waals surface area contributed by atoms with Gasteiger partial charge in [0.05, 0.1) is 75.4 Å². The van der Waals surface area contributed by atoms with Crippen molar-refractivity contribution in [1.82, 2.24) is 0 Å². The van der Waals surface area contributed by atoms with Crippen LogP contribution in [0.5, 0.6) is 0 Å². The Morgan fingerprint density at radius 3 is 1.59 bits per heavy atom. The van der Waals surface area contributed by atoms with E-state index in [2.05, 4.69) is 0 Å². The summed E-state index contributed by atoms with van der Waals surface area (Å²) in [6, 6.07) is 0. The summed E-state index contributed by atoms with van der Waals surface area (Å²) in [6.45, 7) is 8.88. The summed E-state index contributed by atoms with van der Waals surface area (Å²) in [6.07, 6.45) is -56.1. The van der Waals surface area contributed by atoms with Crippen LogP contribution in [0.25, 0.3) is 0 Å². The number of aliphatic hydroxyl groups is 19. The predicted molar refractivity (Wildman–Crippen MR) is 370 cm³/mol. The topological polar surface area (TPSA) is 621 Å². The van der Waals surface area contributed by atoms with Gasteiger partial charge in [0.15, 0.2) is 56.1 Å². The molecule has 0 amide bonds. The third kappa shape index (κ3) is 15.5. The fourth-order valence-corrected chi connectivity index (χ4v) is 21.1. The quantitative estimate of drug-likeness (QED) is 0.0207. The minimum atomic E-state index is -2.32. The Kier molecular flexibility index (Phi) is 26.7. The summed E-state index contributed by atoms with van der Waals surface area (Å²) in [5, 5.41) is 221. The van der Waals surface area contributed by atoms with Crippen molar-refractivity contribution >= 4 is 23.9 Å². The van der Waals surface area contributed by atoms with E-state index >= 15 is 4.79 Å². The number of carbonyl (C=O) groups is 4. The largest absolute Gasteiger partial charge is 0.481 e. The highest BCUT2D eigenvalue weighted by Gasteiger charge is 2.75. The molecule has 4 saturated carbocycles. The maximum atomic E-state index is 16.2. The van der Waals surface area contributed by atoms with Gasteiger partial charge in [0, 0.05) is 19.3 Å². The number of rotatable bonds is 22. The molecule has 12 rings (SSSR count). The van der Waals surface area contributed by atoms with Crippen LogP contribution < -0.4 is 0 Å². The average Bonchev–Trinajstić information content (AvgIpc) is 0.717. The van der Waals surface area contributed by atoms with Crippen molar-refractivity contribution in [2.24, 2.45) is 50.2 Å². The molecule has 114 heavy (non-hydrogen) atoms. The first-order valence-corrected chi connectivity index (χ1v) is 39.1. The highest BCUT2D eigenvalue weighted by molar-refractivity contribution is 5.79. The van der Waals surface area contributed by atoms with E-state index in [9.17, 15) is 117 Å². The Labute approximate surface area is 655 Å². The number of carboxylic acid groups (broad SMARTS) is 1. The van der Waals surface area contributed by atoms with E-state index in [1.807, 2.05) is 33.8 Å². The molecule has 0 spiro atoms. The summed E-state index contributed by atoms with van der Waals surface area (Å²) in [5.41, 5.74) is -8.69. The Bertz CT molecular complexity index is 3390. The van der Waals surface area contributed by atoms with Gasteiger partial charge in [-0.3, -0.25) is 19.2 Å². The maximum absolute atomic E-state index is 16.2. The molecule has 0 aromatic carbocycles. The van der Waals surface area contributed by atoms with Crippen LogP contribution in [0.4, 0.5) is 0 Å². The van der Waals surface area contributed by atoms with Gasteiger partial charge < -0.3 is 178 Å². The molecule has 7 saturated heterocycles. The van der Waals surface area contributed by atoms with Crippen molar-refractivity contribution in [2.45, 2.75) is 328 Å². The van der Waals surface area contributed by atoms with Gasteiger partial charge >= 0.3 is 23.9 Å². The van der Waals surface area contributed by atoms with Crippen LogP contribution in [0.2, 0.25) is 0 Å². The standard InChI is InChI=1S/C74H116O40/c1-27-51(109-59-47(90)43(86)37(23-99-59)108-60-48(91)44(87)40(83)34(20-75)105-60)53(110-65-57(94)74(98,25-79)26-100-65)50(93)62(101-27)112-56-55(104-30(4)81)52(103-29(3)80)28(2)102-64(56)114-67(97)72-15-14-68(5,6)18-32(72)31-10-11-38-69(7)19-33(82)58(71(9,66(95)96)39(69)12-13-70(38,8)73(31,24-78)17-16-72)113-63-54(46(89)42(85)36(22-77)107-63)111-61-49(92)45(88)41(84)35(21-76)106-61/h10,27-28,32-65,75-79,82-94,98H,11-26H2,1-9H3,(H,95,96). The van der Waals surface area contributed by atoms with E-state index in [4.69, 9.17) is 75.8 Å². The fraction of sp³-hybridized carbons (Fsp3) is 0.919. The van der Waals surface area contributed by atoms with Gasteiger partial charge in [0.2, 0.25) is 6.29 Å². The Morgan fingerprint density at radius 1 is 0.482 bits per heavy atom. The second kappa shape index (κ2) is 34.0. The third-order valence-electron chi connectivity index (χ3n) is 27.6. The minimum absolute atomic E-state index is 0.0594. The lowest BCUT2D eigenvalue weighted by molar-refractivity contribution is -0.388. The van der Waals surface area contributed by atoms with E-state index in [0.717, 1.165) is 19.4 Å². The maximum Gasteiger partial charge on any atom is 0.315 e. The van der Waals surface area contributed by atoms with Crippen molar-refractivity contribution < 1.29 is 197 Å². The molecule has 40 nitrogen and oxygen atoms in total. The number of esters is 3. The highest BCUT2D eigenvalue weighted by atomic mass is 16.8. The molecule has 42 atom stereocenters. The van der Waals surface area contributed by atoms with E-state index in [0.29, 0.717) is 12.8 Å². The Balaban J connectivity index is 0.828. The number of carbonyl (C=O) groups excluding carboxylic acids is 3. The molecule has 5 aliphatic carbocycles. The number of allylic oxidation sites excluding steroid dienone is 1. The SMILES string of the molecule is CC(=O)OC1C(C)OC(OC(=O)C23CCC(C)(C)CC2C2=CCC4C5(C)CC(O)C(OC6OC(CO)C(O)C(O)C6OC6OC(CO)C(O)C(O)C6O)C(C)(C(=O)O)C5CCC4(C)C2(CO)CC3)C(OC2OC(C)C(OC3OCC(OC4OC(CO)C(O)C(O)C4O)C(O)C3O)C(OC3OCC(O)(CO)C3O)C2O)C1OC(C)=O. The zero-order valence-electron chi connectivity index (χ0n) is 64.8. The van der Waals surface area contributed by atoms with Crippen LogP contribution in [0.15, 0.2) is 11.6 Å². The fourth-order valence-electron chi connectivity index (χ4n) is 21.1. The second-order valence-corrected chi connectivity index (χ2v) is 34.9. The van der Waals surface area contributed by atoms with E-state index in [-0.39, 0.29) is 44.9 Å². The molecule has 40 heteroatoms. The van der Waals surface area contributed by atoms with Gasteiger partial charge in [-0.25, -0.2) is 0 Å². The molecule has 7 aliphatic heterocycles. The number of aliphatic hydroxyl groups excluding tert-OH is 18. The molecule has 12 aliphatic rings. The lowest BCUT2D eigenvalue weighted by atomic mass is 9.33. The highest BCUT2D eigenvalue weighted by Crippen LogP contribution is 2.76. The summed E-state index contributed by atoms with van der Waals surface area (Å²) in [4.78, 5) is 57.0. The smallest absolute Gasteiger partial charge is 0.315 e. The zero-order chi connectivity index (χ0) is 83.5. The van der Waals surface area contributed by atoms with Crippen LogP contribution in [0.1, 0.15) is 120 Å². The number of fused-ring (bicyclic) bond motifs is 7. The van der Waals surface area contributed by atoms with Crippen LogP contribution in [-0.2, 0) is 95.0 Å². The molecule has 11 fully saturated rings. The van der Waals surface area contributed by atoms with Gasteiger partial charge in [-0.05, 0) is 113 Å². The van der Waals surface area contributed by atoms with Crippen molar-refractivity contribution in [2.75, 3.05) is 46.2 Å². The first kappa shape index (κ1) is 89.6. The van der Waals surface area contributed by atoms with Gasteiger partial charge in [0.25, 0.3) is 0 Å². The van der Waals surface area contributed by atoms with Crippen molar-refractivity contribution in [3.63, 3.8) is 0 Å². The van der Waals surface area contributed by atoms with Crippen molar-refractivity contribution in [3.8, 4) is 0 Å². The normalized spacial score (nSPS) is 52.1. The number of ether oxygens (including phenoxy) is 16. The molecule has 20 N–H and O–H groups in total. The molecule has 0 radical (unpaired) electrons. The Hall–Kier alpha value is -3.66. The van der Waals surface area contributed by atoms with Crippen LogP contribution in [-0.4, -0.2) is 381 Å². The van der Waals surface area contributed by atoms with Gasteiger partial charge in [-0.1, -0.05) is 39.3 Å². The molecule has 7 heterocycles. The predicted octanol–water partition coefficient (Wildman–Crippen LogP) is -7.08. The Morgan fingerprint density at radius 2 is 1.01 bits per heavy atom. The van der Waals surface area contributed by atoms with Gasteiger partial charge in [-0.2, -0.15) is 0 Å². The minimum Gasteiger partial charge on any atom is -0.481 e. The molecule has 0 aromatic heterocycles. The zero-order valence-corrected chi connectivity index (χ0v) is 64.8. The molecule has 0 aromatic rings. The van der Waals surface area contributed by atoms with E-state index < -0.39 is 329 Å². The average molecular weight is 1650 g/mol. The van der Waals surface area contributed by atoms with E-state index in [1.54, 1.807) is 0 Å². The summed E-state index contributed by atoms with van der Waals surface area (Å²) < 4.78 is 96.8. The number of aliphatic carboxylic acids is 1. The lowest BCUT2D eigenvalue weighted by Crippen LogP contribution is -2.71. The number of hydrogen-bond donors (Lipinski definition) is 20. The molecule has 42 unspecified atom stereocenters. The summed E-state index contributed by atoms with van der Waals surface area (Å²) in [5.74, 6) is -6.16. The molecular formula is C74H116O40. The van der Waals surface area contributed by atoms with Crippen LogP contribution in [0, 0.1) is 50.2 Å². The molecular weight excluding hydrogens is 1530 g/mol. The number of hydrogen-bond acceptors (Lipinski definition) is 39. The molecule has 0 bridgehead atoms. The van der Waals surface area contributed by atoms with Gasteiger partial charge in [0.1, 0.15) is 128 Å². The van der Waals surface area contributed by atoms with Crippen molar-refractivity contribution in [1.29, 1.82) is 0 Å². The first-order chi connectivity index (χ1) is 53.5. The third-order valence-corrected chi connectivity index (χ3v) is 27.6. The summed E-state index contributed by atoms with van der Waals surface area (Å²) in [7, 11) is 0. The lowest BCUT2D eigenvalue weighted by Gasteiger charge is -2.71. The van der Waals surface area contributed by atoms with Crippen molar-refractivity contribution in [3.05, 3.63) is 11.6 Å². The van der Waals surface area contributed by atoms with Crippen LogP contribution >= 0.6 is 0 Å². The second-order valence-electron chi connectivity index (χ2n) is 34.9.